The molecule has 3 heterocycles. The fraction of sp³-hybridized carbons (Fsp3) is 0.208. The number of hydrogen-bond donors (Lipinski definition) is 3. The number of nitrogens with two attached hydrogens (primary N) is 1. The molecule has 0 aliphatic carbocycles. The van der Waals surface area contributed by atoms with E-state index in [0.717, 1.165) is 12.3 Å². The molecule has 4 N–H and O–H groups in total. The second-order valence-electron chi connectivity index (χ2n) is 7.79. The molecule has 4 rings (SSSR count). The van der Waals surface area contributed by atoms with Gasteiger partial charge in [0.05, 0.1) is 48.5 Å². The number of benzene rings is 1. The van der Waals surface area contributed by atoms with E-state index < -0.39 is 18.7 Å². The van der Waals surface area contributed by atoms with Crippen LogP contribution in [0, 0.1) is 5.82 Å². The van der Waals surface area contributed by atoms with E-state index in [1.54, 1.807) is 19.2 Å². The number of ether oxygens (including phenoxy) is 2. The summed E-state index contributed by atoms with van der Waals surface area (Å²) >= 11 is 6.10. The number of rotatable bonds is 9. The maximum Gasteiger partial charge on any atom is 0.254 e. The summed E-state index contributed by atoms with van der Waals surface area (Å²) in [7, 11) is 3.16. The number of halogens is 2. The highest BCUT2D eigenvalue weighted by Gasteiger charge is 2.19. The van der Waals surface area contributed by atoms with Crippen LogP contribution in [0.4, 0.5) is 21.6 Å². The van der Waals surface area contributed by atoms with Crippen LogP contribution in [0.25, 0.3) is 11.4 Å². The smallest absolute Gasteiger partial charge is 0.254 e. The molecule has 1 amide bonds. The Balaban J connectivity index is 1.72. The van der Waals surface area contributed by atoms with E-state index in [-0.39, 0.29) is 35.4 Å². The van der Waals surface area contributed by atoms with Gasteiger partial charge in [0.25, 0.3) is 5.91 Å². The first kappa shape index (κ1) is 21.9. The van der Waals surface area contributed by atoms with Crippen LogP contribution in [-0.4, -0.2) is 44.7 Å². The number of carbonyl (C=O) groups excluding carboxylic acids is 1. The number of amides is 1. The molecule has 0 bridgehead atoms. The molecular formula is C24H24ClFN8O3. The highest BCUT2D eigenvalue weighted by Crippen LogP contribution is 2.39. The van der Waals surface area contributed by atoms with E-state index in [1.807, 2.05) is 5.32 Å². The van der Waals surface area contributed by atoms with E-state index in [1.165, 1.54) is 30.3 Å². The number of carbonyl (C=O) groups is 1. The molecule has 0 unspecified atom stereocenters. The lowest BCUT2D eigenvalue weighted by atomic mass is 10.1. The summed E-state index contributed by atoms with van der Waals surface area (Å²) in [5.74, 6) is -0.715. The third kappa shape index (κ3) is 6.11. The molecule has 0 atom stereocenters. The topological polar surface area (TPSA) is 142 Å². The first-order valence-corrected chi connectivity index (χ1v) is 11.1. The second-order valence-corrected chi connectivity index (χ2v) is 8.18. The molecule has 1 aromatic carbocycles. The predicted octanol–water partition coefficient (Wildman–Crippen LogP) is 3.48. The molecular weight excluding hydrogens is 503 g/mol. The molecule has 0 aliphatic heterocycles. The minimum Gasteiger partial charge on any atom is -0.494 e. The fourth-order valence-electron chi connectivity index (χ4n) is 3.56. The van der Waals surface area contributed by atoms with Crippen molar-refractivity contribution in [1.82, 2.24) is 30.0 Å². The van der Waals surface area contributed by atoms with Gasteiger partial charge >= 0.3 is 0 Å². The van der Waals surface area contributed by atoms with Crippen LogP contribution in [-0.2, 0) is 25.0 Å². The van der Waals surface area contributed by atoms with Gasteiger partial charge in [0.2, 0.25) is 0 Å². The quantitative estimate of drug-likeness (QED) is 0.278. The van der Waals surface area contributed by atoms with E-state index in [2.05, 4.69) is 25.4 Å². The van der Waals surface area contributed by atoms with Crippen LogP contribution in [0.1, 0.15) is 25.7 Å². The monoisotopic (exact) mass is 529 g/mol. The Bertz CT molecular complexity index is 1530. The van der Waals surface area contributed by atoms with Crippen LogP contribution < -0.4 is 21.1 Å². The third-order valence-electron chi connectivity index (χ3n) is 5.07. The van der Waals surface area contributed by atoms with Crippen molar-refractivity contribution in [3.05, 3.63) is 70.6 Å². The molecule has 4 aromatic rings. The van der Waals surface area contributed by atoms with E-state index >= 15 is 0 Å². The molecule has 0 saturated heterocycles. The molecule has 0 radical (unpaired) electrons. The Kier molecular flexibility index (Phi) is 6.63. The summed E-state index contributed by atoms with van der Waals surface area (Å²) in [4.78, 5) is 25.0. The molecule has 11 nitrogen and oxygen atoms in total. The number of hydrogen-bond acceptors (Lipinski definition) is 9. The summed E-state index contributed by atoms with van der Waals surface area (Å²) in [5, 5.41) is 9.44. The number of nitrogens with one attached hydrogen (secondary N) is 2. The van der Waals surface area contributed by atoms with Gasteiger partial charge in [-0.25, -0.2) is 19.3 Å². The van der Waals surface area contributed by atoms with Crippen molar-refractivity contribution in [2.45, 2.75) is 13.2 Å². The Morgan fingerprint density at radius 2 is 2.05 bits per heavy atom. The van der Waals surface area contributed by atoms with Gasteiger partial charge < -0.3 is 25.8 Å². The molecule has 0 aliphatic rings. The summed E-state index contributed by atoms with van der Waals surface area (Å²) < 4.78 is 48.8. The average molecular weight is 530 g/mol. The van der Waals surface area contributed by atoms with Crippen LogP contribution in [0.2, 0.25) is 5.15 Å². The maximum absolute atomic E-state index is 13.7. The Labute approximate surface area is 221 Å². The molecule has 13 heteroatoms. The van der Waals surface area contributed by atoms with Gasteiger partial charge in [0.1, 0.15) is 23.1 Å². The lowest BCUT2D eigenvalue weighted by molar-refractivity contribution is 0.0963. The number of aromatic nitrogens is 5. The predicted molar refractivity (Wildman–Crippen MR) is 136 cm³/mol. The number of pyridine rings is 2. The lowest BCUT2D eigenvalue weighted by Crippen LogP contribution is -2.19. The Hall–Kier alpha value is -4.29. The second kappa shape index (κ2) is 11.2. The number of anilines is 3. The van der Waals surface area contributed by atoms with Gasteiger partial charge in [-0.1, -0.05) is 11.6 Å². The number of nitrogens with zero attached hydrogens (tertiary/aromatic N) is 5. The molecule has 0 saturated carbocycles. The summed E-state index contributed by atoms with van der Waals surface area (Å²) in [6, 6.07) is 7.15. The Morgan fingerprint density at radius 3 is 2.76 bits per heavy atom. The van der Waals surface area contributed by atoms with Crippen molar-refractivity contribution in [1.29, 1.82) is 0 Å². The van der Waals surface area contributed by atoms with Gasteiger partial charge in [-0.2, -0.15) is 5.10 Å². The van der Waals surface area contributed by atoms with Gasteiger partial charge in [-0.3, -0.25) is 9.48 Å². The normalized spacial score (nSPS) is 12.4. The van der Waals surface area contributed by atoms with Gasteiger partial charge in [-0.05, 0) is 29.8 Å². The van der Waals surface area contributed by atoms with E-state index in [9.17, 15) is 9.18 Å². The lowest BCUT2D eigenvalue weighted by Gasteiger charge is -2.18. The van der Waals surface area contributed by atoms with E-state index in [4.69, 9.17) is 30.9 Å². The van der Waals surface area contributed by atoms with Crippen molar-refractivity contribution in [3.63, 3.8) is 0 Å². The molecule has 0 fully saturated rings. The van der Waals surface area contributed by atoms with E-state index in [0.29, 0.717) is 34.1 Å². The zero-order chi connectivity index (χ0) is 29.0. The van der Waals surface area contributed by atoms with Crippen LogP contribution in [0.3, 0.4) is 0 Å². The summed E-state index contributed by atoms with van der Waals surface area (Å²) in [6.45, 7) is -2.69. The minimum atomic E-state index is -2.72. The van der Waals surface area contributed by atoms with Crippen molar-refractivity contribution in [3.8, 4) is 17.1 Å². The average Bonchev–Trinajstić information content (AvgIpc) is 3.28. The minimum absolute atomic E-state index is 0.0205. The zero-order valence-electron chi connectivity index (χ0n) is 22.7. The number of aryl methyl sites for hydroxylation is 1. The maximum atomic E-state index is 13.7. The standard InChI is InChI=1S/C24H24ClFN8O3/c1-28-24(35)17-9-29-20(25)8-18(17)32-19-5-13(10-37-11-15-6-14(26)7-21(27)31-15)4-16(22(19)36-3)23-30-12-34(2)33-23/h4-9,12H,10-11H2,1-3H3,(H2,27,31)(H,28,35)(H,29,32)/i1D3. The summed E-state index contributed by atoms with van der Waals surface area (Å²) in [5.41, 5.74) is 7.50. The number of nitrogen functional groups attached to an aromatic ring is 1. The first-order chi connectivity index (χ1) is 18.9. The van der Waals surface area contributed by atoms with Gasteiger partial charge in [0.15, 0.2) is 11.6 Å². The first-order valence-electron chi connectivity index (χ1n) is 12.2. The fourth-order valence-corrected chi connectivity index (χ4v) is 3.72. The highest BCUT2D eigenvalue weighted by atomic mass is 35.5. The molecule has 3 aromatic heterocycles. The largest absolute Gasteiger partial charge is 0.494 e. The van der Waals surface area contributed by atoms with Crippen molar-refractivity contribution >= 4 is 34.7 Å². The SMILES string of the molecule is [2H]C([2H])([2H])NC(=O)c1cnc(Cl)cc1Nc1cc(COCc2cc(F)cc(N)n2)cc(-c2ncn(C)n2)c1OC. The molecule has 192 valence electrons. The summed E-state index contributed by atoms with van der Waals surface area (Å²) in [6.07, 6.45) is 2.68. The van der Waals surface area contributed by atoms with Gasteiger partial charge in [0, 0.05) is 30.4 Å². The van der Waals surface area contributed by atoms with Gasteiger partial charge in [-0.15, -0.1) is 0 Å². The number of methoxy groups -OCH3 is 1. The van der Waals surface area contributed by atoms with Crippen molar-refractivity contribution < 1.29 is 22.8 Å². The van der Waals surface area contributed by atoms with Crippen LogP contribution >= 0.6 is 11.6 Å². The van der Waals surface area contributed by atoms with Crippen LogP contribution in [0.15, 0.2) is 42.9 Å². The Morgan fingerprint density at radius 1 is 1.22 bits per heavy atom. The third-order valence-corrected chi connectivity index (χ3v) is 5.28. The van der Waals surface area contributed by atoms with Crippen molar-refractivity contribution in [2.75, 3.05) is 25.1 Å². The zero-order valence-corrected chi connectivity index (χ0v) is 20.5. The van der Waals surface area contributed by atoms with Crippen molar-refractivity contribution in [2.24, 2.45) is 7.05 Å². The molecule has 0 spiro atoms. The molecule has 37 heavy (non-hydrogen) atoms. The highest BCUT2D eigenvalue weighted by molar-refractivity contribution is 6.29. The van der Waals surface area contributed by atoms with Crippen LogP contribution in [0.5, 0.6) is 5.75 Å².